The second kappa shape index (κ2) is 7.77. The van der Waals surface area contributed by atoms with Crippen molar-refractivity contribution in [2.24, 2.45) is 0 Å². The number of esters is 1. The van der Waals surface area contributed by atoms with Crippen molar-refractivity contribution in [3.05, 3.63) is 56.3 Å². The average Bonchev–Trinajstić information content (AvgIpc) is 3.09. The first-order valence-electron chi connectivity index (χ1n) is 8.91. The Morgan fingerprint density at radius 1 is 1.20 bits per heavy atom. The SMILES string of the molecule is COC(=O)c1c(C)[nH]c(C(=O)CN2C(=O)NC(C)(c3ccc(Cl)cc3Cl)C2=O)c1C. The number of H-pyrrole nitrogens is 1. The highest BCUT2D eigenvalue weighted by Gasteiger charge is 2.50. The Bertz CT molecular complexity index is 1090. The molecule has 3 amide bonds. The number of rotatable bonds is 5. The third kappa shape index (κ3) is 3.46. The number of benzene rings is 1. The Morgan fingerprint density at radius 2 is 1.87 bits per heavy atom. The zero-order chi connectivity index (χ0) is 22.4. The molecule has 1 unspecified atom stereocenters. The fourth-order valence-corrected chi connectivity index (χ4v) is 4.18. The first-order valence-corrected chi connectivity index (χ1v) is 9.67. The van der Waals surface area contributed by atoms with Crippen molar-refractivity contribution >= 4 is 46.9 Å². The van der Waals surface area contributed by atoms with Crippen LogP contribution in [0.4, 0.5) is 4.79 Å². The van der Waals surface area contributed by atoms with Crippen LogP contribution >= 0.6 is 23.2 Å². The second-order valence-corrected chi connectivity index (χ2v) is 7.95. The summed E-state index contributed by atoms with van der Waals surface area (Å²) in [5.41, 5.74) is 0.137. The molecular weight excluding hydrogens is 433 g/mol. The number of carbonyl (C=O) groups excluding carboxylic acids is 4. The largest absolute Gasteiger partial charge is 0.465 e. The molecule has 1 aliphatic heterocycles. The van der Waals surface area contributed by atoms with Gasteiger partial charge in [-0.05, 0) is 38.5 Å². The molecule has 0 radical (unpaired) electrons. The zero-order valence-corrected chi connectivity index (χ0v) is 18.2. The third-order valence-electron chi connectivity index (χ3n) is 5.15. The predicted molar refractivity (Wildman–Crippen MR) is 110 cm³/mol. The number of nitrogens with one attached hydrogen (secondary N) is 2. The van der Waals surface area contributed by atoms with Gasteiger partial charge in [-0.3, -0.25) is 14.5 Å². The molecule has 1 fully saturated rings. The van der Waals surface area contributed by atoms with Crippen molar-refractivity contribution < 1.29 is 23.9 Å². The standard InChI is InChI=1S/C20H19Cl2N3O5/c1-9-15(17(27)30-4)10(2)23-16(9)14(26)8-25-18(28)20(3,24-19(25)29)12-6-5-11(21)7-13(12)22/h5-7,23H,8H2,1-4H3,(H,24,29). The van der Waals surface area contributed by atoms with Crippen molar-refractivity contribution in [1.29, 1.82) is 0 Å². The number of carbonyl (C=O) groups is 4. The minimum absolute atomic E-state index is 0.131. The quantitative estimate of drug-likeness (QED) is 0.411. The van der Waals surface area contributed by atoms with Gasteiger partial charge in [-0.1, -0.05) is 29.3 Å². The molecule has 158 valence electrons. The van der Waals surface area contributed by atoms with Gasteiger partial charge in [-0.15, -0.1) is 0 Å². The van der Waals surface area contributed by atoms with Crippen LogP contribution in [-0.4, -0.2) is 47.2 Å². The summed E-state index contributed by atoms with van der Waals surface area (Å²) in [7, 11) is 1.24. The normalized spacial score (nSPS) is 18.5. The van der Waals surface area contributed by atoms with E-state index in [0.717, 1.165) is 4.90 Å². The van der Waals surface area contributed by atoms with Gasteiger partial charge in [-0.25, -0.2) is 9.59 Å². The van der Waals surface area contributed by atoms with Gasteiger partial charge in [0.2, 0.25) is 0 Å². The van der Waals surface area contributed by atoms with Gasteiger partial charge in [0.15, 0.2) is 5.78 Å². The van der Waals surface area contributed by atoms with Crippen LogP contribution in [0, 0.1) is 13.8 Å². The van der Waals surface area contributed by atoms with Crippen LogP contribution in [0.1, 0.15) is 44.6 Å². The number of aryl methyl sites for hydroxylation is 1. The van der Waals surface area contributed by atoms with Crippen molar-refractivity contribution in [3.63, 3.8) is 0 Å². The number of amides is 3. The summed E-state index contributed by atoms with van der Waals surface area (Å²) in [4.78, 5) is 54.0. The first kappa shape index (κ1) is 21.9. The smallest absolute Gasteiger partial charge is 0.339 e. The van der Waals surface area contributed by atoms with Crippen LogP contribution < -0.4 is 5.32 Å². The van der Waals surface area contributed by atoms with E-state index in [-0.39, 0.29) is 16.3 Å². The molecule has 2 N–H and O–H groups in total. The molecule has 2 aromatic rings. The number of ether oxygens (including phenoxy) is 1. The van der Waals surface area contributed by atoms with E-state index in [1.165, 1.54) is 20.1 Å². The molecule has 1 atom stereocenters. The van der Waals surface area contributed by atoms with Crippen molar-refractivity contribution in [2.45, 2.75) is 26.3 Å². The lowest BCUT2D eigenvalue weighted by atomic mass is 9.92. The summed E-state index contributed by atoms with van der Waals surface area (Å²) in [6, 6.07) is 3.85. The molecule has 2 heterocycles. The van der Waals surface area contributed by atoms with Crippen molar-refractivity contribution in [1.82, 2.24) is 15.2 Å². The molecule has 1 aromatic carbocycles. The Balaban J connectivity index is 1.89. The summed E-state index contributed by atoms with van der Waals surface area (Å²) in [6.07, 6.45) is 0. The molecule has 1 saturated heterocycles. The Kier molecular flexibility index (Phi) is 5.66. The van der Waals surface area contributed by atoms with Crippen molar-refractivity contribution in [2.75, 3.05) is 13.7 Å². The summed E-state index contributed by atoms with van der Waals surface area (Å²) in [5, 5.41) is 3.19. The molecule has 8 nitrogen and oxygen atoms in total. The van der Waals surface area contributed by atoms with E-state index >= 15 is 0 Å². The third-order valence-corrected chi connectivity index (χ3v) is 5.70. The minimum atomic E-state index is -1.45. The second-order valence-electron chi connectivity index (χ2n) is 7.11. The van der Waals surface area contributed by atoms with E-state index in [0.29, 0.717) is 21.8 Å². The number of halogens is 2. The predicted octanol–water partition coefficient (Wildman–Crippen LogP) is 3.37. The van der Waals surface area contributed by atoms with E-state index < -0.39 is 35.8 Å². The van der Waals surface area contributed by atoms with Gasteiger partial charge in [0.1, 0.15) is 5.54 Å². The maximum Gasteiger partial charge on any atom is 0.339 e. The van der Waals surface area contributed by atoms with Gasteiger partial charge in [0, 0.05) is 21.3 Å². The van der Waals surface area contributed by atoms with Crippen LogP contribution in [0.2, 0.25) is 10.0 Å². The molecule has 1 aliphatic rings. The number of methoxy groups -OCH3 is 1. The lowest BCUT2D eigenvalue weighted by molar-refractivity contribution is -0.130. The van der Waals surface area contributed by atoms with Gasteiger partial charge in [-0.2, -0.15) is 0 Å². The molecule has 3 rings (SSSR count). The zero-order valence-electron chi connectivity index (χ0n) is 16.7. The Morgan fingerprint density at radius 3 is 2.47 bits per heavy atom. The highest BCUT2D eigenvalue weighted by atomic mass is 35.5. The molecule has 1 aromatic heterocycles. The van der Waals surface area contributed by atoms with Crippen LogP contribution in [0.15, 0.2) is 18.2 Å². The Hall–Kier alpha value is -2.84. The highest BCUT2D eigenvalue weighted by Crippen LogP contribution is 2.35. The number of urea groups is 1. The summed E-state index contributed by atoms with van der Waals surface area (Å²) in [5.74, 6) is -1.74. The number of ketones is 1. The fraction of sp³-hybridized carbons (Fsp3) is 0.300. The van der Waals surface area contributed by atoms with Crippen molar-refractivity contribution in [3.8, 4) is 0 Å². The molecule has 0 aliphatic carbocycles. The van der Waals surface area contributed by atoms with Crippen LogP contribution in [0.3, 0.4) is 0 Å². The van der Waals surface area contributed by atoms with E-state index in [1.807, 2.05) is 0 Å². The van der Waals surface area contributed by atoms with Gasteiger partial charge in [0.05, 0.1) is 24.9 Å². The lowest BCUT2D eigenvalue weighted by Crippen LogP contribution is -2.41. The fourth-order valence-electron chi connectivity index (χ4n) is 3.58. The molecule has 0 spiro atoms. The van der Waals surface area contributed by atoms with Gasteiger partial charge < -0.3 is 15.0 Å². The number of hydrogen-bond donors (Lipinski definition) is 2. The number of imide groups is 1. The van der Waals surface area contributed by atoms with E-state index in [4.69, 9.17) is 27.9 Å². The van der Waals surface area contributed by atoms with E-state index in [2.05, 4.69) is 10.3 Å². The van der Waals surface area contributed by atoms with Crippen LogP contribution in [-0.2, 0) is 15.1 Å². The van der Waals surface area contributed by atoms with E-state index in [9.17, 15) is 19.2 Å². The molecule has 10 heteroatoms. The van der Waals surface area contributed by atoms with Crippen LogP contribution in [0.5, 0.6) is 0 Å². The first-order chi connectivity index (χ1) is 14.0. The number of Topliss-reactive ketones (excluding diaryl/α,β-unsaturated/α-hetero) is 1. The number of aromatic amines is 1. The lowest BCUT2D eigenvalue weighted by Gasteiger charge is -2.23. The molecule has 0 bridgehead atoms. The number of nitrogens with zero attached hydrogens (tertiary/aromatic N) is 1. The Labute approximate surface area is 182 Å². The maximum absolute atomic E-state index is 13.1. The summed E-state index contributed by atoms with van der Waals surface area (Å²) in [6.45, 7) is 4.22. The maximum atomic E-state index is 13.1. The summed E-state index contributed by atoms with van der Waals surface area (Å²) < 4.78 is 4.73. The van der Waals surface area contributed by atoms with E-state index in [1.54, 1.807) is 26.0 Å². The summed E-state index contributed by atoms with van der Waals surface area (Å²) >= 11 is 12.1. The van der Waals surface area contributed by atoms with Gasteiger partial charge in [0.25, 0.3) is 5.91 Å². The number of aromatic nitrogens is 1. The molecule has 0 saturated carbocycles. The molecule has 30 heavy (non-hydrogen) atoms. The van der Waals surface area contributed by atoms with Gasteiger partial charge >= 0.3 is 12.0 Å². The topological polar surface area (TPSA) is 109 Å². The number of hydrogen-bond acceptors (Lipinski definition) is 5. The molecular formula is C20H19Cl2N3O5. The van der Waals surface area contributed by atoms with Crippen LogP contribution in [0.25, 0.3) is 0 Å². The monoisotopic (exact) mass is 451 g/mol. The highest BCUT2D eigenvalue weighted by molar-refractivity contribution is 6.35. The minimum Gasteiger partial charge on any atom is -0.465 e. The average molecular weight is 452 g/mol.